The number of nitrogens with zero attached hydrogens (tertiary/aromatic N) is 5. The molecule has 3 rings (SSSR count). The van der Waals surface area contributed by atoms with Gasteiger partial charge in [-0.25, -0.2) is 4.39 Å². The van der Waals surface area contributed by atoms with Crippen molar-refractivity contribution in [2.24, 2.45) is 12.0 Å². The smallest absolute Gasteiger partial charge is 0.191 e. The second-order valence-electron chi connectivity index (χ2n) is 6.65. The first kappa shape index (κ1) is 21.9. The Bertz CT molecular complexity index is 858. The number of halogens is 2. The molecule has 0 saturated carbocycles. The van der Waals surface area contributed by atoms with Crippen LogP contribution in [0.15, 0.2) is 35.6 Å². The minimum absolute atomic E-state index is 0. The van der Waals surface area contributed by atoms with E-state index in [1.165, 1.54) is 12.1 Å². The number of aliphatic imine (C=N–C) groups is 1. The number of hydrogen-bond acceptors (Lipinski definition) is 4. The minimum Gasteiger partial charge on any atom is -0.367 e. The molecular formula is C19H25FIN7. The van der Waals surface area contributed by atoms with E-state index < -0.39 is 0 Å². The van der Waals surface area contributed by atoms with Crippen molar-refractivity contribution in [1.29, 1.82) is 5.26 Å². The third kappa shape index (κ3) is 5.58. The molecule has 0 bridgehead atoms. The predicted molar refractivity (Wildman–Crippen MR) is 118 cm³/mol. The molecule has 0 radical (unpaired) electrons. The maximum Gasteiger partial charge on any atom is 0.191 e. The van der Waals surface area contributed by atoms with Crippen LogP contribution < -0.4 is 15.5 Å². The third-order valence-corrected chi connectivity index (χ3v) is 4.66. The number of nitrogens with one attached hydrogen (secondary N) is 2. The minimum atomic E-state index is -0.336. The van der Waals surface area contributed by atoms with Gasteiger partial charge in [-0.3, -0.25) is 9.67 Å². The van der Waals surface area contributed by atoms with E-state index in [0.717, 1.165) is 31.6 Å². The van der Waals surface area contributed by atoms with E-state index >= 15 is 0 Å². The van der Waals surface area contributed by atoms with Gasteiger partial charge in [-0.15, -0.1) is 24.0 Å². The molecule has 2 aromatic rings. The zero-order valence-electron chi connectivity index (χ0n) is 16.0. The molecule has 9 heteroatoms. The summed E-state index contributed by atoms with van der Waals surface area (Å²) >= 11 is 0. The highest BCUT2D eigenvalue weighted by Gasteiger charge is 2.21. The van der Waals surface area contributed by atoms with Crippen LogP contribution in [0.25, 0.3) is 0 Å². The van der Waals surface area contributed by atoms with Gasteiger partial charge in [-0.2, -0.15) is 10.4 Å². The summed E-state index contributed by atoms with van der Waals surface area (Å²) in [6.07, 6.45) is 6.00. The summed E-state index contributed by atoms with van der Waals surface area (Å²) in [4.78, 5) is 6.55. The van der Waals surface area contributed by atoms with Crippen LogP contribution >= 0.6 is 24.0 Å². The Morgan fingerprint density at radius 3 is 2.96 bits per heavy atom. The summed E-state index contributed by atoms with van der Waals surface area (Å²) in [5, 5.41) is 19.8. The van der Waals surface area contributed by atoms with Gasteiger partial charge in [0, 0.05) is 51.5 Å². The fraction of sp³-hybridized carbons (Fsp3) is 0.421. The highest BCUT2D eigenvalue weighted by molar-refractivity contribution is 14.0. The Morgan fingerprint density at radius 1 is 1.46 bits per heavy atom. The van der Waals surface area contributed by atoms with E-state index in [2.05, 4.69) is 25.6 Å². The summed E-state index contributed by atoms with van der Waals surface area (Å²) in [7, 11) is 3.61. The lowest BCUT2D eigenvalue weighted by Gasteiger charge is -2.34. The summed E-state index contributed by atoms with van der Waals surface area (Å²) in [6, 6.07) is 6.62. The second kappa shape index (κ2) is 10.3. The molecule has 1 fully saturated rings. The molecule has 1 saturated heterocycles. The lowest BCUT2D eigenvalue weighted by Crippen LogP contribution is -2.51. The van der Waals surface area contributed by atoms with Gasteiger partial charge < -0.3 is 15.5 Å². The van der Waals surface area contributed by atoms with Crippen molar-refractivity contribution in [1.82, 2.24) is 20.4 Å². The fourth-order valence-electron chi connectivity index (χ4n) is 3.25. The Balaban J connectivity index is 0.00000280. The van der Waals surface area contributed by atoms with Crippen LogP contribution in [0.3, 0.4) is 0 Å². The van der Waals surface area contributed by atoms with Gasteiger partial charge >= 0.3 is 0 Å². The molecule has 28 heavy (non-hydrogen) atoms. The summed E-state index contributed by atoms with van der Waals surface area (Å²) in [6.45, 7) is 2.12. The first-order valence-electron chi connectivity index (χ1n) is 8.98. The van der Waals surface area contributed by atoms with Crippen LogP contribution in [-0.4, -0.2) is 41.9 Å². The predicted octanol–water partition coefficient (Wildman–Crippen LogP) is 2.38. The second-order valence-corrected chi connectivity index (χ2v) is 6.65. The summed E-state index contributed by atoms with van der Waals surface area (Å²) in [5.74, 6) is 0.284. The van der Waals surface area contributed by atoms with Gasteiger partial charge in [0.15, 0.2) is 5.96 Å². The highest BCUT2D eigenvalue weighted by Crippen LogP contribution is 2.19. The molecule has 1 unspecified atom stereocenters. The number of nitriles is 1. The van der Waals surface area contributed by atoms with Gasteiger partial charge in [0.2, 0.25) is 0 Å². The van der Waals surface area contributed by atoms with Crippen molar-refractivity contribution >= 4 is 35.6 Å². The third-order valence-electron chi connectivity index (χ3n) is 4.66. The van der Waals surface area contributed by atoms with E-state index in [4.69, 9.17) is 5.26 Å². The van der Waals surface area contributed by atoms with Crippen molar-refractivity contribution < 1.29 is 4.39 Å². The average molecular weight is 497 g/mol. The van der Waals surface area contributed by atoms with Crippen LogP contribution in [0.1, 0.15) is 24.0 Å². The number of aryl methyl sites for hydroxylation is 1. The Kier molecular flexibility index (Phi) is 8.04. The molecule has 2 heterocycles. The number of piperidine rings is 1. The number of aromatic nitrogens is 2. The number of rotatable bonds is 4. The lowest BCUT2D eigenvalue weighted by atomic mass is 10.1. The highest BCUT2D eigenvalue weighted by atomic mass is 127. The van der Waals surface area contributed by atoms with Crippen LogP contribution in [0.2, 0.25) is 0 Å². The number of guanidine groups is 1. The first-order valence-corrected chi connectivity index (χ1v) is 8.98. The quantitative estimate of drug-likeness (QED) is 0.385. The normalized spacial score (nSPS) is 16.9. The number of hydrogen-bond donors (Lipinski definition) is 2. The molecule has 1 atom stereocenters. The van der Waals surface area contributed by atoms with Crippen LogP contribution in [0, 0.1) is 17.1 Å². The van der Waals surface area contributed by atoms with Gasteiger partial charge in [0.05, 0.1) is 23.5 Å². The van der Waals surface area contributed by atoms with E-state index in [0.29, 0.717) is 17.1 Å². The van der Waals surface area contributed by atoms with E-state index in [1.807, 2.05) is 25.5 Å². The van der Waals surface area contributed by atoms with Gasteiger partial charge in [-0.05, 0) is 31.0 Å². The molecule has 2 N–H and O–H groups in total. The van der Waals surface area contributed by atoms with Crippen molar-refractivity contribution in [3.8, 4) is 6.07 Å². The van der Waals surface area contributed by atoms with Crippen molar-refractivity contribution in [2.45, 2.75) is 25.4 Å². The van der Waals surface area contributed by atoms with Crippen molar-refractivity contribution in [3.05, 3.63) is 47.5 Å². The molecule has 0 aliphatic carbocycles. The Labute approximate surface area is 181 Å². The molecular weight excluding hydrogens is 472 g/mol. The Hall–Kier alpha value is -2.35. The molecule has 1 aromatic heterocycles. The molecule has 150 valence electrons. The van der Waals surface area contributed by atoms with Crippen molar-refractivity contribution in [3.63, 3.8) is 0 Å². The Morgan fingerprint density at radius 2 is 2.29 bits per heavy atom. The first-order chi connectivity index (χ1) is 13.1. The van der Waals surface area contributed by atoms with E-state index in [1.54, 1.807) is 17.8 Å². The zero-order valence-corrected chi connectivity index (χ0v) is 18.4. The maximum atomic E-state index is 13.9. The van der Waals surface area contributed by atoms with Crippen LogP contribution in [0.4, 0.5) is 10.1 Å². The average Bonchev–Trinajstić information content (AvgIpc) is 3.13. The molecule has 1 aromatic carbocycles. The van der Waals surface area contributed by atoms with E-state index in [9.17, 15) is 4.39 Å². The van der Waals surface area contributed by atoms with Crippen LogP contribution in [-0.2, 0) is 13.6 Å². The number of anilines is 1. The van der Waals surface area contributed by atoms with Gasteiger partial charge in [0.25, 0.3) is 0 Å². The summed E-state index contributed by atoms with van der Waals surface area (Å²) < 4.78 is 15.7. The molecule has 1 aliphatic heterocycles. The monoisotopic (exact) mass is 497 g/mol. The molecule has 1 aliphatic rings. The largest absolute Gasteiger partial charge is 0.367 e. The molecule has 7 nitrogen and oxygen atoms in total. The molecule has 0 spiro atoms. The van der Waals surface area contributed by atoms with Gasteiger partial charge in [-0.1, -0.05) is 0 Å². The topological polar surface area (TPSA) is 81.3 Å². The summed E-state index contributed by atoms with van der Waals surface area (Å²) in [5.41, 5.74) is 2.00. The van der Waals surface area contributed by atoms with Crippen molar-refractivity contribution in [2.75, 3.05) is 25.0 Å². The fourth-order valence-corrected chi connectivity index (χ4v) is 3.25. The zero-order chi connectivity index (χ0) is 19.2. The standard InChI is InChI=1S/C19H24FN7.HI/c1-22-19(23-10-15-8-14(9-21)5-6-18(15)20)25-16-4-3-7-27(12-16)17-11-24-26(2)13-17;/h5-6,8,11,13,16H,3-4,7,10,12H2,1-2H3,(H2,22,23,25);1H. The number of benzene rings is 1. The maximum absolute atomic E-state index is 13.9. The van der Waals surface area contributed by atoms with Crippen LogP contribution in [0.5, 0.6) is 0 Å². The SMILES string of the molecule is CN=C(NCc1cc(C#N)ccc1F)NC1CCCN(c2cnn(C)c2)C1.I. The van der Waals surface area contributed by atoms with Gasteiger partial charge in [0.1, 0.15) is 5.82 Å². The molecule has 0 amide bonds. The lowest BCUT2D eigenvalue weighted by molar-refractivity contribution is 0.467. The van der Waals surface area contributed by atoms with E-state index in [-0.39, 0.29) is 42.4 Å².